The minimum absolute atomic E-state index is 0.288. The molecule has 0 amide bonds. The average molecular weight is 304 g/mol. The van der Waals surface area contributed by atoms with Crippen LogP contribution in [0, 0.1) is 0 Å². The van der Waals surface area contributed by atoms with Gasteiger partial charge in [0, 0.05) is 0 Å². The van der Waals surface area contributed by atoms with Crippen LogP contribution in [0.1, 0.15) is 22.0 Å². The molecule has 1 nitrogen and oxygen atoms in total. The van der Waals surface area contributed by atoms with E-state index in [-0.39, 0.29) is 4.83 Å². The molecule has 0 aliphatic heterocycles. The van der Waals surface area contributed by atoms with E-state index < -0.39 is 0 Å². The van der Waals surface area contributed by atoms with E-state index in [1.807, 2.05) is 0 Å². The lowest BCUT2D eigenvalue weighted by Crippen LogP contribution is -2.23. The van der Waals surface area contributed by atoms with Crippen molar-refractivity contribution in [3.8, 4) is 0 Å². The van der Waals surface area contributed by atoms with Crippen LogP contribution in [0.2, 0.25) is 0 Å². The molecule has 0 heterocycles. The molecule has 0 fully saturated rings. The molecule has 0 saturated heterocycles. The largest absolute Gasteiger partial charge is 0.301 e. The lowest BCUT2D eigenvalue weighted by molar-refractivity contribution is 0.296. The molecule has 2 aromatic carbocycles. The van der Waals surface area contributed by atoms with Crippen molar-refractivity contribution in [2.24, 2.45) is 0 Å². The van der Waals surface area contributed by atoms with E-state index in [2.05, 4.69) is 95.6 Å². The highest BCUT2D eigenvalue weighted by Gasteiger charge is 2.23. The van der Waals surface area contributed by atoms with Crippen LogP contribution in [-0.4, -0.2) is 19.0 Å². The first-order valence-electron chi connectivity index (χ1n) is 6.10. The molecule has 0 bridgehead atoms. The molecule has 0 unspecified atom stereocenters. The van der Waals surface area contributed by atoms with Gasteiger partial charge >= 0.3 is 0 Å². The summed E-state index contributed by atoms with van der Waals surface area (Å²) in [5, 5.41) is 0. The predicted molar refractivity (Wildman–Crippen MR) is 81.0 cm³/mol. The van der Waals surface area contributed by atoms with Gasteiger partial charge in [-0.15, -0.1) is 0 Å². The number of benzene rings is 2. The molecule has 2 heteroatoms. The van der Waals surface area contributed by atoms with Crippen molar-refractivity contribution in [1.82, 2.24) is 4.90 Å². The van der Waals surface area contributed by atoms with Crippen molar-refractivity contribution < 1.29 is 0 Å². The monoisotopic (exact) mass is 303 g/mol. The van der Waals surface area contributed by atoms with Crippen molar-refractivity contribution in [2.45, 2.75) is 10.9 Å². The van der Waals surface area contributed by atoms with Crippen LogP contribution in [0.4, 0.5) is 0 Å². The summed E-state index contributed by atoms with van der Waals surface area (Å²) in [6.07, 6.45) is 0. The molecule has 0 aromatic heterocycles. The number of likely N-dealkylation sites (N-methyl/N-ethyl adjacent to an activating group) is 1. The van der Waals surface area contributed by atoms with Gasteiger partial charge < -0.3 is 4.90 Å². The van der Waals surface area contributed by atoms with Crippen molar-refractivity contribution in [3.63, 3.8) is 0 Å². The first-order valence-corrected chi connectivity index (χ1v) is 7.02. The molecule has 0 aliphatic rings. The van der Waals surface area contributed by atoms with E-state index in [0.29, 0.717) is 6.04 Å². The number of alkyl halides is 1. The Hall–Kier alpha value is -1.12. The molecule has 2 atom stereocenters. The van der Waals surface area contributed by atoms with Crippen molar-refractivity contribution >= 4 is 15.9 Å². The van der Waals surface area contributed by atoms with Crippen LogP contribution in [0.3, 0.4) is 0 Å². The summed E-state index contributed by atoms with van der Waals surface area (Å²) < 4.78 is 0. The Labute approximate surface area is 118 Å². The van der Waals surface area contributed by atoms with Gasteiger partial charge in [0.15, 0.2) is 0 Å². The summed E-state index contributed by atoms with van der Waals surface area (Å²) in [5.41, 5.74) is 2.63. The first kappa shape index (κ1) is 13.3. The van der Waals surface area contributed by atoms with Crippen LogP contribution >= 0.6 is 15.9 Å². The topological polar surface area (TPSA) is 3.24 Å². The number of nitrogens with zero attached hydrogens (tertiary/aromatic N) is 1. The zero-order valence-electron chi connectivity index (χ0n) is 10.8. The van der Waals surface area contributed by atoms with E-state index in [0.717, 1.165) is 0 Å². The molecule has 0 radical (unpaired) electrons. The highest BCUT2D eigenvalue weighted by Crippen LogP contribution is 2.38. The van der Waals surface area contributed by atoms with Crippen LogP contribution in [0.25, 0.3) is 0 Å². The molecule has 2 rings (SSSR count). The molecule has 18 heavy (non-hydrogen) atoms. The Balaban J connectivity index is 2.32. The summed E-state index contributed by atoms with van der Waals surface area (Å²) in [6.45, 7) is 0. The van der Waals surface area contributed by atoms with Crippen LogP contribution < -0.4 is 0 Å². The van der Waals surface area contributed by atoms with E-state index in [1.165, 1.54) is 11.1 Å². The Bertz CT molecular complexity index is 467. The van der Waals surface area contributed by atoms with Crippen LogP contribution in [-0.2, 0) is 0 Å². The lowest BCUT2D eigenvalue weighted by Gasteiger charge is -2.29. The summed E-state index contributed by atoms with van der Waals surface area (Å²) in [5.74, 6) is 0. The number of halogens is 1. The van der Waals surface area contributed by atoms with E-state index in [1.54, 1.807) is 0 Å². The second-order valence-corrected chi connectivity index (χ2v) is 5.62. The van der Waals surface area contributed by atoms with Crippen LogP contribution in [0.5, 0.6) is 0 Å². The highest BCUT2D eigenvalue weighted by atomic mass is 79.9. The zero-order valence-corrected chi connectivity index (χ0v) is 12.3. The Morgan fingerprint density at radius 3 is 1.67 bits per heavy atom. The second kappa shape index (κ2) is 6.17. The van der Waals surface area contributed by atoms with Gasteiger partial charge in [-0.2, -0.15) is 0 Å². The molecule has 2 aromatic rings. The molecular formula is C16H18BrN. The van der Waals surface area contributed by atoms with E-state index >= 15 is 0 Å². The zero-order chi connectivity index (χ0) is 13.0. The smallest absolute Gasteiger partial charge is 0.0592 e. The maximum atomic E-state index is 3.85. The third kappa shape index (κ3) is 3.01. The summed E-state index contributed by atoms with van der Waals surface area (Å²) in [6, 6.07) is 21.5. The Kier molecular flexibility index (Phi) is 4.56. The van der Waals surface area contributed by atoms with Crippen LogP contribution in [0.15, 0.2) is 60.7 Å². The van der Waals surface area contributed by atoms with Crippen molar-refractivity contribution in [2.75, 3.05) is 14.1 Å². The maximum Gasteiger partial charge on any atom is 0.0592 e. The SMILES string of the molecule is CN(C)[C@@H](c1ccccc1)[C@@H](Br)c1ccccc1. The second-order valence-electron chi connectivity index (χ2n) is 4.63. The van der Waals surface area contributed by atoms with Gasteiger partial charge in [-0.3, -0.25) is 0 Å². The van der Waals surface area contributed by atoms with Gasteiger partial charge in [0.25, 0.3) is 0 Å². The minimum Gasteiger partial charge on any atom is -0.301 e. The molecule has 0 N–H and O–H groups in total. The number of hydrogen-bond donors (Lipinski definition) is 0. The quantitative estimate of drug-likeness (QED) is 0.756. The average Bonchev–Trinajstić information content (AvgIpc) is 2.40. The lowest BCUT2D eigenvalue weighted by atomic mass is 9.98. The number of hydrogen-bond acceptors (Lipinski definition) is 1. The summed E-state index contributed by atoms with van der Waals surface area (Å²) in [4.78, 5) is 2.54. The van der Waals surface area contributed by atoms with Crippen molar-refractivity contribution in [1.29, 1.82) is 0 Å². The first-order chi connectivity index (χ1) is 8.70. The third-order valence-electron chi connectivity index (χ3n) is 3.09. The van der Waals surface area contributed by atoms with Crippen molar-refractivity contribution in [3.05, 3.63) is 71.8 Å². The summed E-state index contributed by atoms with van der Waals surface area (Å²) in [7, 11) is 4.24. The molecule has 94 valence electrons. The van der Waals surface area contributed by atoms with E-state index in [4.69, 9.17) is 0 Å². The van der Waals surface area contributed by atoms with Gasteiger partial charge in [-0.05, 0) is 25.2 Å². The highest BCUT2D eigenvalue weighted by molar-refractivity contribution is 9.09. The fraction of sp³-hybridized carbons (Fsp3) is 0.250. The van der Waals surface area contributed by atoms with Gasteiger partial charge in [-0.25, -0.2) is 0 Å². The fourth-order valence-corrected chi connectivity index (χ4v) is 3.28. The van der Waals surface area contributed by atoms with Gasteiger partial charge in [-0.1, -0.05) is 76.6 Å². The molecular weight excluding hydrogens is 286 g/mol. The Morgan fingerprint density at radius 2 is 1.22 bits per heavy atom. The Morgan fingerprint density at radius 1 is 0.778 bits per heavy atom. The van der Waals surface area contributed by atoms with Gasteiger partial charge in [0.05, 0.1) is 10.9 Å². The molecule has 0 aliphatic carbocycles. The van der Waals surface area contributed by atoms with E-state index in [9.17, 15) is 0 Å². The normalized spacial score (nSPS) is 14.4. The standard InChI is InChI=1S/C16H18BrN/c1-18(2)16(14-11-7-4-8-12-14)15(17)13-9-5-3-6-10-13/h3-12,15-16H,1-2H3/t15-,16-/m0/s1. The third-order valence-corrected chi connectivity index (χ3v) is 4.12. The summed E-state index contributed by atoms with van der Waals surface area (Å²) >= 11 is 3.85. The minimum atomic E-state index is 0.288. The number of rotatable bonds is 4. The fourth-order valence-electron chi connectivity index (χ4n) is 2.20. The van der Waals surface area contributed by atoms with Gasteiger partial charge in [0.2, 0.25) is 0 Å². The maximum absolute atomic E-state index is 3.85. The van der Waals surface area contributed by atoms with Gasteiger partial charge in [0.1, 0.15) is 0 Å². The predicted octanol–water partition coefficient (Wildman–Crippen LogP) is 4.43. The molecule has 0 spiro atoms. The molecule has 0 saturated carbocycles.